The molecule has 0 bridgehead atoms. The summed E-state index contributed by atoms with van der Waals surface area (Å²) in [5, 5.41) is 17.9. The molecule has 0 fully saturated rings. The van der Waals surface area contributed by atoms with E-state index in [0.29, 0.717) is 28.0 Å². The molecule has 0 radical (unpaired) electrons. The Morgan fingerprint density at radius 2 is 1.86 bits per heavy atom. The molecule has 5 rings (SSSR count). The SMILES string of the molecule is COc1ccc(C2C(C#N)=C(N)Oc3n[nH]c(-c4ccccc4)c32)cc1COc1ccccc1Cl. The Morgan fingerprint density at radius 1 is 1.09 bits per heavy atom. The van der Waals surface area contributed by atoms with E-state index >= 15 is 0 Å². The number of nitriles is 1. The number of nitrogens with zero attached hydrogens (tertiary/aromatic N) is 2. The molecule has 1 atom stereocenters. The number of benzene rings is 3. The first-order chi connectivity index (χ1) is 17.1. The van der Waals surface area contributed by atoms with Crippen LogP contribution >= 0.6 is 11.6 Å². The summed E-state index contributed by atoms with van der Waals surface area (Å²) in [6.45, 7) is 0.217. The minimum Gasteiger partial charge on any atom is -0.496 e. The molecule has 7 nitrogen and oxygen atoms in total. The van der Waals surface area contributed by atoms with Crippen LogP contribution in [0.5, 0.6) is 17.4 Å². The van der Waals surface area contributed by atoms with Gasteiger partial charge in [0.2, 0.25) is 11.8 Å². The number of nitrogens with one attached hydrogen (secondary N) is 1. The van der Waals surface area contributed by atoms with Crippen molar-refractivity contribution in [3.05, 3.63) is 106 Å². The fraction of sp³-hybridized carbons (Fsp3) is 0.111. The summed E-state index contributed by atoms with van der Waals surface area (Å²) in [6.07, 6.45) is 0. The van der Waals surface area contributed by atoms with Gasteiger partial charge in [0.25, 0.3) is 0 Å². The summed E-state index contributed by atoms with van der Waals surface area (Å²) >= 11 is 6.25. The van der Waals surface area contributed by atoms with E-state index in [9.17, 15) is 5.26 Å². The molecule has 0 amide bonds. The van der Waals surface area contributed by atoms with Gasteiger partial charge in [-0.05, 0) is 35.4 Å². The van der Waals surface area contributed by atoms with E-state index in [1.54, 1.807) is 19.2 Å². The summed E-state index contributed by atoms with van der Waals surface area (Å²) < 4.78 is 17.3. The maximum Gasteiger partial charge on any atom is 0.244 e. The summed E-state index contributed by atoms with van der Waals surface area (Å²) in [7, 11) is 1.60. The Kier molecular flexibility index (Phi) is 6.04. The first-order valence-electron chi connectivity index (χ1n) is 10.9. The second kappa shape index (κ2) is 9.45. The van der Waals surface area contributed by atoms with Crippen molar-refractivity contribution in [2.24, 2.45) is 5.73 Å². The number of nitrogens with two attached hydrogens (primary N) is 1. The van der Waals surface area contributed by atoms with Crippen molar-refractivity contribution < 1.29 is 14.2 Å². The van der Waals surface area contributed by atoms with Crippen molar-refractivity contribution in [1.82, 2.24) is 10.2 Å². The topological polar surface area (TPSA) is 106 Å². The number of aromatic nitrogens is 2. The van der Waals surface area contributed by atoms with E-state index < -0.39 is 5.92 Å². The highest BCUT2D eigenvalue weighted by Crippen LogP contribution is 2.46. The number of fused-ring (bicyclic) bond motifs is 1. The van der Waals surface area contributed by atoms with Gasteiger partial charge in [-0.3, -0.25) is 5.10 Å². The number of ether oxygens (including phenoxy) is 3. The zero-order chi connectivity index (χ0) is 24.4. The van der Waals surface area contributed by atoms with Crippen molar-refractivity contribution in [2.45, 2.75) is 12.5 Å². The van der Waals surface area contributed by atoms with Gasteiger partial charge < -0.3 is 19.9 Å². The molecule has 0 saturated carbocycles. The second-order valence-corrected chi connectivity index (χ2v) is 8.31. The van der Waals surface area contributed by atoms with Crippen LogP contribution in [0.4, 0.5) is 0 Å². The third-order valence-corrected chi connectivity index (χ3v) is 6.17. The Morgan fingerprint density at radius 3 is 2.60 bits per heavy atom. The van der Waals surface area contributed by atoms with Gasteiger partial charge in [0, 0.05) is 5.56 Å². The lowest BCUT2D eigenvalue weighted by Gasteiger charge is -2.25. The van der Waals surface area contributed by atoms with Gasteiger partial charge in [0.15, 0.2) is 0 Å². The number of methoxy groups -OCH3 is 1. The fourth-order valence-corrected chi connectivity index (χ4v) is 4.40. The molecule has 1 aromatic heterocycles. The van der Waals surface area contributed by atoms with Crippen LogP contribution in [0.25, 0.3) is 11.3 Å². The highest BCUT2D eigenvalue weighted by atomic mass is 35.5. The average Bonchev–Trinajstić information content (AvgIpc) is 3.31. The molecule has 8 heteroatoms. The Labute approximate surface area is 207 Å². The third kappa shape index (κ3) is 4.16. The number of para-hydroxylation sites is 1. The molecular weight excluding hydrogens is 464 g/mol. The lowest BCUT2D eigenvalue weighted by Crippen LogP contribution is -2.21. The van der Waals surface area contributed by atoms with Gasteiger partial charge in [-0.1, -0.05) is 60.1 Å². The van der Waals surface area contributed by atoms with Crippen LogP contribution in [0.15, 0.2) is 84.3 Å². The van der Waals surface area contributed by atoms with Gasteiger partial charge in [0.1, 0.15) is 29.7 Å². The molecule has 4 aromatic rings. The molecule has 3 aromatic carbocycles. The molecule has 1 unspecified atom stereocenters. The number of H-pyrrole nitrogens is 1. The summed E-state index contributed by atoms with van der Waals surface area (Å²) in [6, 6.07) is 25.0. The predicted molar refractivity (Wildman–Crippen MR) is 132 cm³/mol. The molecule has 0 saturated heterocycles. The highest BCUT2D eigenvalue weighted by Gasteiger charge is 2.36. The lowest BCUT2D eigenvalue weighted by atomic mass is 9.82. The third-order valence-electron chi connectivity index (χ3n) is 5.86. The monoisotopic (exact) mass is 484 g/mol. The quantitative estimate of drug-likeness (QED) is 0.372. The van der Waals surface area contributed by atoms with Crippen LogP contribution in [0.3, 0.4) is 0 Å². The normalized spacial score (nSPS) is 14.6. The number of rotatable bonds is 6. The van der Waals surface area contributed by atoms with Gasteiger partial charge >= 0.3 is 0 Å². The van der Waals surface area contributed by atoms with Gasteiger partial charge in [0.05, 0.1) is 29.3 Å². The molecule has 0 spiro atoms. The number of hydrogen-bond donors (Lipinski definition) is 2. The van der Waals surface area contributed by atoms with Crippen LogP contribution < -0.4 is 19.9 Å². The standard InChI is InChI=1S/C27H21ClN4O3/c1-33-21-12-11-17(13-18(21)15-34-22-10-6-5-9-20(22)28)23-19(14-29)26(30)35-27-24(23)25(31-32-27)16-7-3-2-4-8-16/h2-13,23H,15,30H2,1H3,(H,31,32). The van der Waals surface area contributed by atoms with Crippen molar-refractivity contribution >= 4 is 11.6 Å². The van der Waals surface area contributed by atoms with Gasteiger partial charge in [-0.2, -0.15) is 5.26 Å². The van der Waals surface area contributed by atoms with Gasteiger partial charge in [-0.15, -0.1) is 5.10 Å². The Balaban J connectivity index is 1.60. The van der Waals surface area contributed by atoms with Crippen molar-refractivity contribution in [1.29, 1.82) is 5.26 Å². The van der Waals surface area contributed by atoms with Crippen molar-refractivity contribution in [3.63, 3.8) is 0 Å². The number of allylic oxidation sites excluding steroid dienone is 1. The molecular formula is C27H21ClN4O3. The maximum absolute atomic E-state index is 10.0. The smallest absolute Gasteiger partial charge is 0.244 e. The second-order valence-electron chi connectivity index (χ2n) is 7.90. The zero-order valence-corrected chi connectivity index (χ0v) is 19.5. The van der Waals surface area contributed by atoms with E-state index in [1.807, 2.05) is 60.7 Å². The number of aromatic amines is 1. The zero-order valence-electron chi connectivity index (χ0n) is 18.8. The molecule has 174 valence electrons. The average molecular weight is 485 g/mol. The lowest BCUT2D eigenvalue weighted by molar-refractivity contribution is 0.296. The van der Waals surface area contributed by atoms with Crippen molar-refractivity contribution in [2.75, 3.05) is 7.11 Å². The number of hydrogen-bond acceptors (Lipinski definition) is 6. The predicted octanol–water partition coefficient (Wildman–Crippen LogP) is 5.54. The summed E-state index contributed by atoms with van der Waals surface area (Å²) in [4.78, 5) is 0. The molecule has 3 N–H and O–H groups in total. The fourth-order valence-electron chi connectivity index (χ4n) is 4.21. The molecule has 35 heavy (non-hydrogen) atoms. The summed E-state index contributed by atoms with van der Waals surface area (Å²) in [5.41, 5.74) is 10.5. The molecule has 1 aliphatic heterocycles. The highest BCUT2D eigenvalue weighted by molar-refractivity contribution is 6.32. The van der Waals surface area contributed by atoms with Crippen LogP contribution in [-0.2, 0) is 6.61 Å². The Bertz CT molecular complexity index is 1460. The maximum atomic E-state index is 10.0. The first kappa shape index (κ1) is 22.4. The minimum atomic E-state index is -0.498. The van der Waals surface area contributed by atoms with Crippen LogP contribution in [0.2, 0.25) is 5.02 Å². The van der Waals surface area contributed by atoms with E-state index in [-0.39, 0.29) is 12.5 Å². The van der Waals surface area contributed by atoms with E-state index in [2.05, 4.69) is 16.3 Å². The van der Waals surface area contributed by atoms with Crippen molar-refractivity contribution in [3.8, 4) is 34.7 Å². The minimum absolute atomic E-state index is 0.0285. The molecule has 1 aliphatic rings. The van der Waals surface area contributed by atoms with Crippen LogP contribution in [0, 0.1) is 11.3 Å². The largest absolute Gasteiger partial charge is 0.496 e. The van der Waals surface area contributed by atoms with E-state index in [0.717, 1.165) is 27.9 Å². The number of halogens is 1. The van der Waals surface area contributed by atoms with Crippen LogP contribution in [-0.4, -0.2) is 17.3 Å². The summed E-state index contributed by atoms with van der Waals surface area (Å²) in [5.74, 6) is 1.09. The van der Waals surface area contributed by atoms with Crippen LogP contribution in [0.1, 0.15) is 22.6 Å². The Hall–Kier alpha value is -4.41. The molecule has 2 heterocycles. The van der Waals surface area contributed by atoms with Gasteiger partial charge in [-0.25, -0.2) is 0 Å². The van der Waals surface area contributed by atoms with E-state index in [4.69, 9.17) is 31.5 Å². The first-order valence-corrected chi connectivity index (χ1v) is 11.2. The van der Waals surface area contributed by atoms with E-state index in [1.165, 1.54) is 0 Å². The molecule has 0 aliphatic carbocycles.